The Kier molecular flexibility index (Phi) is 6.88. The van der Waals surface area contributed by atoms with Crippen LogP contribution in [0.3, 0.4) is 0 Å². The minimum absolute atomic E-state index is 0.0956. The number of rotatable bonds is 5. The number of carbonyl (C=O) groups excluding carboxylic acids is 2. The van der Waals surface area contributed by atoms with Crippen LogP contribution in [0.25, 0.3) is 10.9 Å². The van der Waals surface area contributed by atoms with Crippen molar-refractivity contribution < 1.29 is 22.8 Å². The first-order valence-corrected chi connectivity index (χ1v) is 11.0. The second-order valence-corrected chi connectivity index (χ2v) is 8.40. The maximum Gasteiger partial charge on any atom is 0.418 e. The monoisotopic (exact) mass is 487 g/mol. The molecule has 2 amide bonds. The smallest absolute Gasteiger partial charge is 0.339 e. The van der Waals surface area contributed by atoms with E-state index in [-0.39, 0.29) is 30.2 Å². The third-order valence-electron chi connectivity index (χ3n) is 5.96. The molecule has 1 aliphatic heterocycles. The number of hydrogen-bond acceptors (Lipinski definition) is 5. The Morgan fingerprint density at radius 1 is 1.00 bits per heavy atom. The molecule has 4 rings (SSSR count). The molecule has 1 aliphatic rings. The first-order valence-electron chi connectivity index (χ1n) is 11.0. The van der Waals surface area contributed by atoms with E-state index in [0.717, 1.165) is 11.6 Å². The van der Waals surface area contributed by atoms with Gasteiger partial charge in [-0.25, -0.2) is 4.98 Å². The van der Waals surface area contributed by atoms with Crippen LogP contribution in [0, 0.1) is 6.92 Å². The lowest BCUT2D eigenvalue weighted by molar-refractivity contribution is -0.137. The van der Waals surface area contributed by atoms with Gasteiger partial charge in [0.15, 0.2) is 0 Å². The van der Waals surface area contributed by atoms with Crippen LogP contribution in [-0.4, -0.2) is 63.9 Å². The van der Waals surface area contributed by atoms with Gasteiger partial charge in [0.2, 0.25) is 11.8 Å². The number of halogens is 3. The SMILES string of the molecule is Cc1cccc2c(=O)n(CC(=O)N3CCN(CC(=O)Nc4ccccc4C(F)(F)F)CC3)cnc12. The summed E-state index contributed by atoms with van der Waals surface area (Å²) in [7, 11) is 0. The first-order chi connectivity index (χ1) is 16.6. The number of para-hydroxylation sites is 2. The number of nitrogens with one attached hydrogen (secondary N) is 1. The minimum atomic E-state index is -4.57. The predicted octanol–water partition coefficient (Wildman–Crippen LogP) is 2.51. The fraction of sp³-hybridized carbons (Fsp3) is 0.333. The summed E-state index contributed by atoms with van der Waals surface area (Å²) >= 11 is 0. The zero-order valence-corrected chi connectivity index (χ0v) is 19.0. The van der Waals surface area contributed by atoms with Gasteiger partial charge in [0.05, 0.1) is 35.0 Å². The second-order valence-electron chi connectivity index (χ2n) is 8.40. The predicted molar refractivity (Wildman–Crippen MR) is 124 cm³/mol. The average molecular weight is 487 g/mol. The van der Waals surface area contributed by atoms with E-state index < -0.39 is 17.6 Å². The number of carbonyl (C=O) groups is 2. The summed E-state index contributed by atoms with van der Waals surface area (Å²) in [6.07, 6.45) is -3.20. The zero-order valence-electron chi connectivity index (χ0n) is 19.0. The highest BCUT2D eigenvalue weighted by atomic mass is 19.4. The third-order valence-corrected chi connectivity index (χ3v) is 5.96. The van der Waals surface area contributed by atoms with Crippen molar-refractivity contribution in [2.75, 3.05) is 38.0 Å². The molecule has 35 heavy (non-hydrogen) atoms. The van der Waals surface area contributed by atoms with Crippen molar-refractivity contribution in [1.82, 2.24) is 19.4 Å². The van der Waals surface area contributed by atoms with Crippen molar-refractivity contribution in [3.8, 4) is 0 Å². The summed E-state index contributed by atoms with van der Waals surface area (Å²) in [6, 6.07) is 10.1. The van der Waals surface area contributed by atoms with E-state index in [1.165, 1.54) is 29.1 Å². The number of piperazine rings is 1. The fourth-order valence-corrected chi connectivity index (χ4v) is 4.08. The molecule has 11 heteroatoms. The van der Waals surface area contributed by atoms with Crippen LogP contribution >= 0.6 is 0 Å². The van der Waals surface area contributed by atoms with Crippen molar-refractivity contribution in [2.24, 2.45) is 0 Å². The van der Waals surface area contributed by atoms with E-state index in [9.17, 15) is 27.6 Å². The third kappa shape index (κ3) is 5.51. The van der Waals surface area contributed by atoms with E-state index in [1.807, 2.05) is 13.0 Å². The standard InChI is InChI=1S/C24H24F3N5O3/c1-16-5-4-6-17-22(16)28-15-32(23(17)35)14-21(34)31-11-9-30(10-12-31)13-20(33)29-19-8-3-2-7-18(19)24(25,26)27/h2-8,15H,9-14H2,1H3,(H,29,33). The van der Waals surface area contributed by atoms with E-state index >= 15 is 0 Å². The molecule has 184 valence electrons. The molecular weight excluding hydrogens is 463 g/mol. The number of fused-ring (bicyclic) bond motifs is 1. The Morgan fingerprint density at radius 2 is 1.71 bits per heavy atom. The van der Waals surface area contributed by atoms with Crippen LogP contribution in [-0.2, 0) is 22.3 Å². The summed E-state index contributed by atoms with van der Waals surface area (Å²) in [4.78, 5) is 45.5. The number of anilines is 1. The van der Waals surface area contributed by atoms with E-state index in [4.69, 9.17) is 0 Å². The lowest BCUT2D eigenvalue weighted by Gasteiger charge is -2.34. The van der Waals surface area contributed by atoms with Gasteiger partial charge < -0.3 is 10.2 Å². The molecule has 3 aromatic rings. The van der Waals surface area contributed by atoms with Crippen LogP contribution in [0.4, 0.5) is 18.9 Å². The van der Waals surface area contributed by atoms with Crippen LogP contribution in [0.2, 0.25) is 0 Å². The molecule has 0 saturated carbocycles. The highest BCUT2D eigenvalue weighted by Gasteiger charge is 2.33. The van der Waals surface area contributed by atoms with Gasteiger partial charge in [-0.05, 0) is 30.7 Å². The number of alkyl halides is 3. The summed E-state index contributed by atoms with van der Waals surface area (Å²) in [5, 5.41) is 2.78. The lowest BCUT2D eigenvalue weighted by atomic mass is 10.1. The van der Waals surface area contributed by atoms with Gasteiger partial charge in [0, 0.05) is 26.2 Å². The van der Waals surface area contributed by atoms with Crippen molar-refractivity contribution in [1.29, 1.82) is 0 Å². The van der Waals surface area contributed by atoms with Crippen molar-refractivity contribution in [3.05, 3.63) is 70.3 Å². The molecule has 1 saturated heterocycles. The number of amides is 2. The molecule has 1 fully saturated rings. The van der Waals surface area contributed by atoms with Crippen LogP contribution in [0.5, 0.6) is 0 Å². The summed E-state index contributed by atoms with van der Waals surface area (Å²) < 4.78 is 40.7. The summed E-state index contributed by atoms with van der Waals surface area (Å²) in [6.45, 7) is 3.04. The van der Waals surface area contributed by atoms with Gasteiger partial charge in [0.25, 0.3) is 5.56 Å². The highest BCUT2D eigenvalue weighted by Crippen LogP contribution is 2.34. The minimum Gasteiger partial charge on any atom is -0.339 e. The second kappa shape index (κ2) is 9.87. The molecule has 8 nitrogen and oxygen atoms in total. The van der Waals surface area contributed by atoms with Crippen LogP contribution in [0.15, 0.2) is 53.6 Å². The van der Waals surface area contributed by atoms with Gasteiger partial charge in [-0.2, -0.15) is 13.2 Å². The zero-order chi connectivity index (χ0) is 25.2. The number of hydrogen-bond donors (Lipinski definition) is 1. The largest absolute Gasteiger partial charge is 0.418 e. The van der Waals surface area contributed by atoms with Crippen LogP contribution < -0.4 is 10.9 Å². The summed E-state index contributed by atoms with van der Waals surface area (Å²) in [5.41, 5.74) is -0.00614. The van der Waals surface area contributed by atoms with E-state index in [2.05, 4.69) is 10.3 Å². The van der Waals surface area contributed by atoms with Gasteiger partial charge in [0.1, 0.15) is 6.54 Å². The number of nitrogens with zero attached hydrogens (tertiary/aromatic N) is 4. The van der Waals surface area contributed by atoms with Gasteiger partial charge in [-0.1, -0.05) is 24.3 Å². The Balaban J connectivity index is 1.32. The van der Waals surface area contributed by atoms with Crippen LogP contribution in [0.1, 0.15) is 11.1 Å². The maximum atomic E-state index is 13.1. The van der Waals surface area contributed by atoms with Gasteiger partial charge in [-0.3, -0.25) is 23.9 Å². The molecule has 2 aromatic carbocycles. The highest BCUT2D eigenvalue weighted by molar-refractivity contribution is 5.93. The molecular formula is C24H24F3N5O3. The molecule has 2 heterocycles. The first kappa shape index (κ1) is 24.4. The molecule has 0 spiro atoms. The normalized spacial score (nSPS) is 14.8. The number of aryl methyl sites for hydroxylation is 1. The molecule has 0 atom stereocenters. The Labute approximate surface area is 199 Å². The topological polar surface area (TPSA) is 87.5 Å². The van der Waals surface area contributed by atoms with Gasteiger partial charge in [-0.15, -0.1) is 0 Å². The Morgan fingerprint density at radius 3 is 2.43 bits per heavy atom. The quantitative estimate of drug-likeness (QED) is 0.598. The average Bonchev–Trinajstić information content (AvgIpc) is 2.81. The molecule has 0 radical (unpaired) electrons. The number of benzene rings is 2. The summed E-state index contributed by atoms with van der Waals surface area (Å²) in [5.74, 6) is -0.810. The molecule has 0 bridgehead atoms. The molecule has 0 unspecified atom stereocenters. The molecule has 1 aromatic heterocycles. The van der Waals surface area contributed by atoms with Crippen molar-refractivity contribution in [2.45, 2.75) is 19.6 Å². The van der Waals surface area contributed by atoms with Gasteiger partial charge >= 0.3 is 6.18 Å². The van der Waals surface area contributed by atoms with E-state index in [1.54, 1.807) is 21.9 Å². The fourth-order valence-electron chi connectivity index (χ4n) is 4.08. The molecule has 0 aliphatic carbocycles. The lowest BCUT2D eigenvalue weighted by Crippen LogP contribution is -2.51. The Bertz CT molecular complexity index is 1310. The van der Waals surface area contributed by atoms with E-state index in [0.29, 0.717) is 37.1 Å². The maximum absolute atomic E-state index is 13.1. The Hall–Kier alpha value is -3.73. The molecule has 1 N–H and O–H groups in total. The van der Waals surface area contributed by atoms with Crippen molar-refractivity contribution >= 4 is 28.4 Å². The van der Waals surface area contributed by atoms with Crippen molar-refractivity contribution in [3.63, 3.8) is 0 Å². The number of aromatic nitrogens is 2.